The Morgan fingerprint density at radius 3 is 2.20 bits per heavy atom. The lowest BCUT2D eigenvalue weighted by molar-refractivity contribution is -0.166. The van der Waals surface area contributed by atoms with Crippen molar-refractivity contribution >= 4 is 18.0 Å². The third kappa shape index (κ3) is 3.40. The van der Waals surface area contributed by atoms with E-state index < -0.39 is 35.0 Å². The maximum atomic E-state index is 11.9. The summed E-state index contributed by atoms with van der Waals surface area (Å²) in [5.74, 6) is -2.25. The molecule has 1 aliphatic heterocycles. The number of hydrogen-bond donors (Lipinski definition) is 2. The van der Waals surface area contributed by atoms with Gasteiger partial charge in [-0.15, -0.1) is 0 Å². The van der Waals surface area contributed by atoms with Gasteiger partial charge < -0.3 is 19.8 Å². The fourth-order valence-corrected chi connectivity index (χ4v) is 2.43. The van der Waals surface area contributed by atoms with E-state index in [4.69, 9.17) is 9.84 Å². The lowest BCUT2D eigenvalue weighted by Crippen LogP contribution is -2.42. The molecule has 0 radical (unpaired) electrons. The summed E-state index contributed by atoms with van der Waals surface area (Å²) in [5, 5.41) is 18.4. The molecule has 0 bridgehead atoms. The average molecular weight is 287 g/mol. The van der Waals surface area contributed by atoms with Crippen LogP contribution in [-0.4, -0.2) is 51.8 Å². The number of amides is 1. The van der Waals surface area contributed by atoms with E-state index in [0.717, 1.165) is 4.90 Å². The van der Waals surface area contributed by atoms with Gasteiger partial charge >= 0.3 is 18.0 Å². The van der Waals surface area contributed by atoms with E-state index in [0.29, 0.717) is 0 Å². The van der Waals surface area contributed by atoms with E-state index in [2.05, 4.69) is 0 Å². The lowest BCUT2D eigenvalue weighted by Gasteiger charge is -2.28. The minimum Gasteiger partial charge on any atom is -0.481 e. The second kappa shape index (κ2) is 5.30. The van der Waals surface area contributed by atoms with Crippen LogP contribution in [-0.2, 0) is 14.3 Å². The lowest BCUT2D eigenvalue weighted by atomic mass is 9.76. The van der Waals surface area contributed by atoms with Crippen molar-refractivity contribution in [2.24, 2.45) is 11.3 Å². The Hall–Kier alpha value is -1.79. The molecule has 0 saturated carbocycles. The Morgan fingerprint density at radius 1 is 1.30 bits per heavy atom. The van der Waals surface area contributed by atoms with Crippen LogP contribution in [0.2, 0.25) is 0 Å². The summed E-state index contributed by atoms with van der Waals surface area (Å²) in [6, 6.07) is 0. The van der Waals surface area contributed by atoms with Gasteiger partial charge in [0.2, 0.25) is 0 Å². The van der Waals surface area contributed by atoms with Crippen LogP contribution in [0, 0.1) is 11.3 Å². The number of ether oxygens (including phenoxy) is 1. The maximum Gasteiger partial charge on any atom is 0.407 e. The number of hydrogen-bond acceptors (Lipinski definition) is 4. The van der Waals surface area contributed by atoms with Crippen LogP contribution >= 0.6 is 0 Å². The molecule has 1 saturated heterocycles. The SMILES string of the molecule is CC1CN(C(=O)O)CC1(CC(=O)OC(C)(C)C)C(=O)O. The number of aliphatic carboxylic acids is 1. The summed E-state index contributed by atoms with van der Waals surface area (Å²) < 4.78 is 5.15. The molecule has 0 spiro atoms. The number of carboxylic acid groups (broad SMARTS) is 2. The highest BCUT2D eigenvalue weighted by Crippen LogP contribution is 2.40. The average Bonchev–Trinajstić information content (AvgIpc) is 2.54. The summed E-state index contributed by atoms with van der Waals surface area (Å²) >= 11 is 0. The van der Waals surface area contributed by atoms with Crippen LogP contribution in [0.4, 0.5) is 4.79 Å². The number of nitrogens with zero attached hydrogens (tertiary/aromatic N) is 1. The van der Waals surface area contributed by atoms with Crippen molar-refractivity contribution in [2.45, 2.75) is 39.7 Å². The molecule has 20 heavy (non-hydrogen) atoms. The predicted molar refractivity (Wildman–Crippen MR) is 69.3 cm³/mol. The molecule has 1 heterocycles. The number of rotatable bonds is 3. The van der Waals surface area contributed by atoms with Crippen molar-refractivity contribution in [3.8, 4) is 0 Å². The van der Waals surface area contributed by atoms with Crippen LogP contribution < -0.4 is 0 Å². The van der Waals surface area contributed by atoms with E-state index in [1.807, 2.05) is 0 Å². The van der Waals surface area contributed by atoms with Crippen molar-refractivity contribution in [1.29, 1.82) is 0 Å². The predicted octanol–water partition coefficient (Wildman–Crippen LogP) is 1.42. The Balaban J connectivity index is 2.92. The molecular formula is C13H21NO6. The molecule has 0 aromatic carbocycles. The number of likely N-dealkylation sites (tertiary alicyclic amines) is 1. The molecule has 1 aliphatic rings. The first-order valence-corrected chi connectivity index (χ1v) is 6.41. The van der Waals surface area contributed by atoms with Crippen molar-refractivity contribution in [2.75, 3.05) is 13.1 Å². The van der Waals surface area contributed by atoms with Gasteiger partial charge in [-0.2, -0.15) is 0 Å². The fraction of sp³-hybridized carbons (Fsp3) is 0.769. The van der Waals surface area contributed by atoms with E-state index >= 15 is 0 Å². The normalized spacial score (nSPS) is 26.4. The molecule has 7 heteroatoms. The van der Waals surface area contributed by atoms with E-state index in [-0.39, 0.29) is 19.5 Å². The molecule has 0 aromatic rings. The van der Waals surface area contributed by atoms with Gasteiger partial charge in [-0.05, 0) is 26.7 Å². The molecule has 2 N–H and O–H groups in total. The Kier molecular flexibility index (Phi) is 4.31. The molecular weight excluding hydrogens is 266 g/mol. The highest BCUT2D eigenvalue weighted by Gasteiger charge is 2.53. The van der Waals surface area contributed by atoms with Crippen LogP contribution in [0.25, 0.3) is 0 Å². The Bertz CT molecular complexity index is 427. The van der Waals surface area contributed by atoms with E-state index in [9.17, 15) is 19.5 Å². The zero-order valence-corrected chi connectivity index (χ0v) is 12.2. The summed E-state index contributed by atoms with van der Waals surface area (Å²) in [4.78, 5) is 35.5. The molecule has 114 valence electrons. The topological polar surface area (TPSA) is 104 Å². The zero-order valence-electron chi connectivity index (χ0n) is 12.2. The first-order valence-electron chi connectivity index (χ1n) is 6.41. The van der Waals surface area contributed by atoms with Gasteiger partial charge in [-0.25, -0.2) is 4.79 Å². The largest absolute Gasteiger partial charge is 0.481 e. The number of carbonyl (C=O) groups is 3. The quantitative estimate of drug-likeness (QED) is 0.761. The van der Waals surface area contributed by atoms with Crippen molar-refractivity contribution in [3.63, 3.8) is 0 Å². The summed E-state index contributed by atoms with van der Waals surface area (Å²) in [5.41, 5.74) is -2.12. The number of carbonyl (C=O) groups excluding carboxylic acids is 1. The van der Waals surface area contributed by atoms with Crippen LogP contribution in [0.15, 0.2) is 0 Å². The van der Waals surface area contributed by atoms with Crippen LogP contribution in [0.3, 0.4) is 0 Å². The fourth-order valence-electron chi connectivity index (χ4n) is 2.43. The Morgan fingerprint density at radius 2 is 1.85 bits per heavy atom. The van der Waals surface area contributed by atoms with Gasteiger partial charge in [-0.3, -0.25) is 9.59 Å². The van der Waals surface area contributed by atoms with Gasteiger partial charge in [0, 0.05) is 13.1 Å². The second-order valence-electron chi connectivity index (χ2n) is 6.29. The van der Waals surface area contributed by atoms with E-state index in [1.165, 1.54) is 0 Å². The molecule has 2 unspecified atom stereocenters. The van der Waals surface area contributed by atoms with Gasteiger partial charge in [0.25, 0.3) is 0 Å². The number of carboxylic acids is 1. The minimum absolute atomic E-state index is 0.102. The Labute approximate surface area is 117 Å². The number of esters is 1. The molecule has 0 aliphatic carbocycles. The first-order chi connectivity index (χ1) is 8.98. The molecule has 1 rings (SSSR count). The molecule has 7 nitrogen and oxygen atoms in total. The standard InChI is InChI=1S/C13H21NO6/c1-8-6-14(11(18)19)7-13(8,10(16)17)5-9(15)20-12(2,3)4/h8H,5-7H2,1-4H3,(H,16,17)(H,18,19). The van der Waals surface area contributed by atoms with Crippen molar-refractivity contribution < 1.29 is 29.3 Å². The van der Waals surface area contributed by atoms with E-state index in [1.54, 1.807) is 27.7 Å². The highest BCUT2D eigenvalue weighted by molar-refractivity contribution is 5.84. The van der Waals surface area contributed by atoms with Crippen molar-refractivity contribution in [1.82, 2.24) is 4.90 Å². The monoisotopic (exact) mass is 287 g/mol. The molecule has 0 aromatic heterocycles. The van der Waals surface area contributed by atoms with Gasteiger partial charge in [-0.1, -0.05) is 6.92 Å². The van der Waals surface area contributed by atoms with Crippen LogP contribution in [0.5, 0.6) is 0 Å². The minimum atomic E-state index is -1.42. The highest BCUT2D eigenvalue weighted by atomic mass is 16.6. The van der Waals surface area contributed by atoms with Gasteiger partial charge in [0.15, 0.2) is 0 Å². The molecule has 1 fully saturated rings. The summed E-state index contributed by atoms with van der Waals surface area (Å²) in [6.07, 6.45) is -1.51. The van der Waals surface area contributed by atoms with Gasteiger partial charge in [0.1, 0.15) is 11.0 Å². The third-order valence-corrected chi connectivity index (χ3v) is 3.49. The van der Waals surface area contributed by atoms with Crippen molar-refractivity contribution in [3.05, 3.63) is 0 Å². The third-order valence-electron chi connectivity index (χ3n) is 3.49. The zero-order chi connectivity index (χ0) is 15.7. The second-order valence-corrected chi connectivity index (χ2v) is 6.29. The smallest absolute Gasteiger partial charge is 0.407 e. The van der Waals surface area contributed by atoms with Crippen LogP contribution in [0.1, 0.15) is 34.1 Å². The van der Waals surface area contributed by atoms with Gasteiger partial charge in [0.05, 0.1) is 6.42 Å². The summed E-state index contributed by atoms with van der Waals surface area (Å²) in [6.45, 7) is 6.63. The summed E-state index contributed by atoms with van der Waals surface area (Å²) in [7, 11) is 0. The maximum absolute atomic E-state index is 11.9. The molecule has 2 atom stereocenters. The first kappa shape index (κ1) is 16.3. The molecule has 1 amide bonds.